The maximum atomic E-state index is 11.8. The molecule has 5 nitrogen and oxygen atoms in total. The minimum Gasteiger partial charge on any atom is -0.351 e. The number of hydrogen-bond acceptors (Lipinski definition) is 3. The normalized spacial score (nSPS) is 11.3. The van der Waals surface area contributed by atoms with E-state index < -0.39 is 10.0 Å². The first kappa shape index (κ1) is 16.1. The minimum absolute atomic E-state index is 0.0866. The fourth-order valence-electron chi connectivity index (χ4n) is 1.48. The standard InChI is InChI=1S/C12H17BrN2O3S/c1-3-15-19(17,18)7-6-14-12(16)10-4-5-11(13)9(2)8-10/h4-5,8,15H,3,6-7H2,1-2H3,(H,14,16). The van der Waals surface area contributed by atoms with Gasteiger partial charge in [0.2, 0.25) is 10.0 Å². The lowest BCUT2D eigenvalue weighted by atomic mass is 10.1. The summed E-state index contributed by atoms with van der Waals surface area (Å²) in [5.41, 5.74) is 1.47. The molecule has 0 saturated carbocycles. The van der Waals surface area contributed by atoms with Crippen LogP contribution in [0.2, 0.25) is 0 Å². The lowest BCUT2D eigenvalue weighted by molar-refractivity contribution is 0.0956. The van der Waals surface area contributed by atoms with Gasteiger partial charge < -0.3 is 5.32 Å². The molecule has 0 aliphatic heterocycles. The molecule has 0 bridgehead atoms. The van der Waals surface area contributed by atoms with E-state index in [4.69, 9.17) is 0 Å². The number of hydrogen-bond donors (Lipinski definition) is 2. The number of amides is 1. The third-order valence-electron chi connectivity index (χ3n) is 2.44. The first-order valence-electron chi connectivity index (χ1n) is 5.87. The number of carbonyl (C=O) groups is 1. The van der Waals surface area contributed by atoms with Crippen LogP contribution in [0.25, 0.3) is 0 Å². The predicted molar refractivity (Wildman–Crippen MR) is 78.7 cm³/mol. The van der Waals surface area contributed by atoms with Crippen molar-refractivity contribution >= 4 is 31.9 Å². The molecule has 0 aliphatic carbocycles. The summed E-state index contributed by atoms with van der Waals surface area (Å²) in [5, 5.41) is 2.59. The third-order valence-corrected chi connectivity index (χ3v) is 4.80. The van der Waals surface area contributed by atoms with Gasteiger partial charge >= 0.3 is 0 Å². The van der Waals surface area contributed by atoms with E-state index in [1.54, 1.807) is 25.1 Å². The molecule has 7 heteroatoms. The van der Waals surface area contributed by atoms with Gasteiger partial charge in [0, 0.05) is 23.1 Å². The van der Waals surface area contributed by atoms with Gasteiger partial charge in [-0.1, -0.05) is 22.9 Å². The molecule has 1 amide bonds. The van der Waals surface area contributed by atoms with E-state index in [0.29, 0.717) is 12.1 Å². The average Bonchev–Trinajstić information content (AvgIpc) is 2.32. The highest BCUT2D eigenvalue weighted by molar-refractivity contribution is 9.10. The molecule has 0 heterocycles. The van der Waals surface area contributed by atoms with Crippen molar-refractivity contribution < 1.29 is 13.2 Å². The molecule has 19 heavy (non-hydrogen) atoms. The summed E-state index contributed by atoms with van der Waals surface area (Å²) >= 11 is 3.36. The highest BCUT2D eigenvalue weighted by atomic mass is 79.9. The van der Waals surface area contributed by atoms with E-state index in [-0.39, 0.29) is 18.2 Å². The van der Waals surface area contributed by atoms with Crippen molar-refractivity contribution in [2.45, 2.75) is 13.8 Å². The van der Waals surface area contributed by atoms with Gasteiger partial charge in [0.1, 0.15) is 0 Å². The Hall–Kier alpha value is -0.920. The van der Waals surface area contributed by atoms with Crippen LogP contribution in [0.3, 0.4) is 0 Å². The molecular weight excluding hydrogens is 332 g/mol. The largest absolute Gasteiger partial charge is 0.351 e. The van der Waals surface area contributed by atoms with Crippen molar-refractivity contribution in [2.24, 2.45) is 0 Å². The van der Waals surface area contributed by atoms with Crippen molar-refractivity contribution in [1.82, 2.24) is 10.0 Å². The van der Waals surface area contributed by atoms with E-state index in [2.05, 4.69) is 26.0 Å². The SMILES string of the molecule is CCNS(=O)(=O)CCNC(=O)c1ccc(Br)c(C)c1. The highest BCUT2D eigenvalue weighted by Crippen LogP contribution is 2.16. The Morgan fingerprint density at radius 2 is 2.05 bits per heavy atom. The molecule has 0 unspecified atom stereocenters. The van der Waals surface area contributed by atoms with E-state index in [1.807, 2.05) is 6.92 Å². The zero-order chi connectivity index (χ0) is 14.5. The Morgan fingerprint density at radius 3 is 2.63 bits per heavy atom. The highest BCUT2D eigenvalue weighted by Gasteiger charge is 2.10. The molecule has 1 aromatic carbocycles. The number of aryl methyl sites for hydroxylation is 1. The lowest BCUT2D eigenvalue weighted by Crippen LogP contribution is -2.34. The summed E-state index contributed by atoms with van der Waals surface area (Å²) in [4.78, 5) is 11.8. The second-order valence-electron chi connectivity index (χ2n) is 4.04. The molecule has 0 aromatic heterocycles. The number of rotatable bonds is 6. The van der Waals surface area contributed by atoms with Crippen LogP contribution >= 0.6 is 15.9 Å². The van der Waals surface area contributed by atoms with Crippen LogP contribution in [-0.2, 0) is 10.0 Å². The monoisotopic (exact) mass is 348 g/mol. The third kappa shape index (κ3) is 5.30. The van der Waals surface area contributed by atoms with E-state index in [1.165, 1.54) is 0 Å². The fourth-order valence-corrected chi connectivity index (χ4v) is 2.68. The summed E-state index contributed by atoms with van der Waals surface area (Å²) in [6.07, 6.45) is 0. The summed E-state index contributed by atoms with van der Waals surface area (Å²) in [6, 6.07) is 5.23. The quantitative estimate of drug-likeness (QED) is 0.816. The number of carbonyl (C=O) groups excluding carboxylic acids is 1. The molecular formula is C12H17BrN2O3S. The second-order valence-corrected chi connectivity index (χ2v) is 6.82. The molecule has 0 aliphatic rings. The molecule has 1 aromatic rings. The molecule has 0 spiro atoms. The molecule has 0 radical (unpaired) electrons. The van der Waals surface area contributed by atoms with Crippen molar-refractivity contribution in [3.8, 4) is 0 Å². The van der Waals surface area contributed by atoms with Crippen LogP contribution < -0.4 is 10.0 Å². The fraction of sp³-hybridized carbons (Fsp3) is 0.417. The Bertz CT molecular complexity index is 558. The Morgan fingerprint density at radius 1 is 1.37 bits per heavy atom. The summed E-state index contributed by atoms with van der Waals surface area (Å²) in [6.45, 7) is 4.03. The van der Waals surface area contributed by atoms with Gasteiger partial charge in [0.15, 0.2) is 0 Å². The van der Waals surface area contributed by atoms with Crippen LogP contribution in [0.5, 0.6) is 0 Å². The van der Waals surface area contributed by atoms with Crippen LogP contribution in [-0.4, -0.2) is 33.2 Å². The molecule has 1 rings (SSSR count). The maximum Gasteiger partial charge on any atom is 0.251 e. The number of nitrogens with one attached hydrogen (secondary N) is 2. The van der Waals surface area contributed by atoms with Gasteiger partial charge in [-0.05, 0) is 30.7 Å². The van der Waals surface area contributed by atoms with Crippen LogP contribution in [0.4, 0.5) is 0 Å². The molecule has 0 fully saturated rings. The van der Waals surface area contributed by atoms with Crippen LogP contribution in [0.1, 0.15) is 22.8 Å². The molecule has 106 valence electrons. The second kappa shape index (κ2) is 7.02. The van der Waals surface area contributed by atoms with E-state index in [0.717, 1.165) is 10.0 Å². The van der Waals surface area contributed by atoms with Gasteiger partial charge in [0.25, 0.3) is 5.91 Å². The number of sulfonamides is 1. The minimum atomic E-state index is -3.30. The van der Waals surface area contributed by atoms with Gasteiger partial charge in [-0.25, -0.2) is 13.1 Å². The zero-order valence-electron chi connectivity index (χ0n) is 10.9. The van der Waals surface area contributed by atoms with Crippen LogP contribution in [0.15, 0.2) is 22.7 Å². The van der Waals surface area contributed by atoms with Gasteiger partial charge in [-0.2, -0.15) is 0 Å². The Balaban J connectivity index is 2.54. The van der Waals surface area contributed by atoms with Crippen molar-refractivity contribution in [3.63, 3.8) is 0 Å². The first-order valence-corrected chi connectivity index (χ1v) is 8.32. The van der Waals surface area contributed by atoms with Crippen molar-refractivity contribution in [2.75, 3.05) is 18.8 Å². The van der Waals surface area contributed by atoms with Crippen molar-refractivity contribution in [1.29, 1.82) is 0 Å². The summed E-state index contributed by atoms with van der Waals surface area (Å²) in [7, 11) is -3.30. The average molecular weight is 349 g/mol. The number of benzene rings is 1. The number of halogens is 1. The molecule has 0 atom stereocenters. The van der Waals surface area contributed by atoms with Gasteiger partial charge in [-0.3, -0.25) is 4.79 Å². The summed E-state index contributed by atoms with van der Waals surface area (Å²) in [5.74, 6) is -0.399. The lowest BCUT2D eigenvalue weighted by Gasteiger charge is -2.07. The smallest absolute Gasteiger partial charge is 0.251 e. The Kier molecular flexibility index (Phi) is 5.96. The van der Waals surface area contributed by atoms with E-state index in [9.17, 15) is 13.2 Å². The molecule has 0 saturated heterocycles. The summed E-state index contributed by atoms with van der Waals surface area (Å²) < 4.78 is 26.1. The van der Waals surface area contributed by atoms with Gasteiger partial charge in [0.05, 0.1) is 5.75 Å². The van der Waals surface area contributed by atoms with Crippen LogP contribution in [0, 0.1) is 6.92 Å². The first-order chi connectivity index (χ1) is 8.85. The Labute approximate surface area is 122 Å². The van der Waals surface area contributed by atoms with E-state index >= 15 is 0 Å². The predicted octanol–water partition coefficient (Wildman–Crippen LogP) is 1.43. The van der Waals surface area contributed by atoms with Gasteiger partial charge in [-0.15, -0.1) is 0 Å². The maximum absolute atomic E-state index is 11.8. The van der Waals surface area contributed by atoms with Crippen molar-refractivity contribution in [3.05, 3.63) is 33.8 Å². The molecule has 2 N–H and O–H groups in total. The zero-order valence-corrected chi connectivity index (χ0v) is 13.3. The topological polar surface area (TPSA) is 75.3 Å².